The van der Waals surface area contributed by atoms with Crippen molar-refractivity contribution in [3.05, 3.63) is 34.5 Å². The molecule has 0 aliphatic heterocycles. The van der Waals surface area contributed by atoms with Gasteiger partial charge in [0.25, 0.3) is 0 Å². The van der Waals surface area contributed by atoms with Crippen LogP contribution in [-0.4, -0.2) is 10.8 Å². The number of aryl methyl sites for hydroxylation is 1. The monoisotopic (exact) mass is 233 g/mol. The molecule has 3 rings (SSSR count). The molecule has 1 N–H and O–H groups in total. The number of H-pyrrole nitrogens is 1. The third-order valence-corrected chi connectivity index (χ3v) is 3.62. The summed E-state index contributed by atoms with van der Waals surface area (Å²) >= 11 is 5.98. The van der Waals surface area contributed by atoms with E-state index in [1.165, 1.54) is 0 Å². The largest absolute Gasteiger partial charge is 0.352 e. The van der Waals surface area contributed by atoms with Gasteiger partial charge in [0.1, 0.15) is 0 Å². The third kappa shape index (κ3) is 1.30. The lowest BCUT2D eigenvalue weighted by Gasteiger charge is -2.16. The van der Waals surface area contributed by atoms with Crippen LogP contribution in [0.25, 0.3) is 10.9 Å². The molecule has 82 valence electrons. The van der Waals surface area contributed by atoms with Crippen LogP contribution in [0, 0.1) is 5.92 Å². The van der Waals surface area contributed by atoms with Crippen LogP contribution >= 0.6 is 11.6 Å². The molecule has 1 aliphatic rings. The van der Waals surface area contributed by atoms with Crippen molar-refractivity contribution in [2.45, 2.75) is 19.8 Å². The van der Waals surface area contributed by atoms with E-state index in [4.69, 9.17) is 11.6 Å². The Morgan fingerprint density at radius 1 is 1.44 bits per heavy atom. The van der Waals surface area contributed by atoms with E-state index >= 15 is 0 Å². The molecule has 1 aliphatic carbocycles. The summed E-state index contributed by atoms with van der Waals surface area (Å²) in [6.07, 6.45) is 1.90. The van der Waals surface area contributed by atoms with Crippen molar-refractivity contribution in [1.82, 2.24) is 4.98 Å². The number of nitrogens with one attached hydrogen (secondary N) is 1. The number of carbonyl (C=O) groups is 1. The maximum atomic E-state index is 12.0. The summed E-state index contributed by atoms with van der Waals surface area (Å²) in [5, 5.41) is 1.82. The molecule has 3 heteroatoms. The van der Waals surface area contributed by atoms with Gasteiger partial charge in [-0.25, -0.2) is 0 Å². The zero-order chi connectivity index (χ0) is 11.3. The van der Waals surface area contributed by atoms with Gasteiger partial charge in [-0.1, -0.05) is 18.5 Å². The SMILES string of the molecule is CC1CCc2c([nH]c3ccc(Cl)cc23)C1=O. The number of aromatic amines is 1. The van der Waals surface area contributed by atoms with Crippen molar-refractivity contribution >= 4 is 28.3 Å². The Bertz CT molecular complexity index is 585. The molecular formula is C13H12ClNO. The van der Waals surface area contributed by atoms with Gasteiger partial charge >= 0.3 is 0 Å². The van der Waals surface area contributed by atoms with Crippen molar-refractivity contribution < 1.29 is 4.79 Å². The Labute approximate surface area is 98.6 Å². The van der Waals surface area contributed by atoms with E-state index in [9.17, 15) is 4.79 Å². The minimum absolute atomic E-state index is 0.135. The number of hydrogen-bond donors (Lipinski definition) is 1. The first-order chi connectivity index (χ1) is 7.66. The fourth-order valence-electron chi connectivity index (χ4n) is 2.43. The molecule has 0 radical (unpaired) electrons. The van der Waals surface area contributed by atoms with Crippen LogP contribution in [0.5, 0.6) is 0 Å². The summed E-state index contributed by atoms with van der Waals surface area (Å²) < 4.78 is 0. The number of rotatable bonds is 0. The molecule has 0 spiro atoms. The van der Waals surface area contributed by atoms with Crippen molar-refractivity contribution in [2.24, 2.45) is 5.92 Å². The first kappa shape index (κ1) is 9.91. The fourth-order valence-corrected chi connectivity index (χ4v) is 2.60. The van der Waals surface area contributed by atoms with Gasteiger partial charge in [0.2, 0.25) is 0 Å². The summed E-state index contributed by atoms with van der Waals surface area (Å²) in [5.74, 6) is 0.365. The van der Waals surface area contributed by atoms with Crippen molar-refractivity contribution in [3.8, 4) is 0 Å². The fraction of sp³-hybridized carbons (Fsp3) is 0.308. The molecule has 0 fully saturated rings. The molecular weight excluding hydrogens is 222 g/mol. The quantitative estimate of drug-likeness (QED) is 0.741. The van der Waals surface area contributed by atoms with Gasteiger partial charge in [-0.05, 0) is 36.6 Å². The van der Waals surface area contributed by atoms with E-state index in [2.05, 4.69) is 4.98 Å². The molecule has 2 aromatic rings. The lowest BCUT2D eigenvalue weighted by molar-refractivity contribution is 0.0909. The van der Waals surface area contributed by atoms with Gasteiger partial charge in [-0.15, -0.1) is 0 Å². The summed E-state index contributed by atoms with van der Waals surface area (Å²) in [7, 11) is 0. The normalized spacial score (nSPS) is 20.1. The van der Waals surface area contributed by atoms with E-state index in [0.29, 0.717) is 0 Å². The molecule has 1 unspecified atom stereocenters. The molecule has 1 aromatic carbocycles. The van der Waals surface area contributed by atoms with Crippen LogP contribution in [0.3, 0.4) is 0 Å². The Hall–Kier alpha value is -1.28. The van der Waals surface area contributed by atoms with Crippen LogP contribution in [0.2, 0.25) is 5.02 Å². The highest BCUT2D eigenvalue weighted by molar-refractivity contribution is 6.31. The first-order valence-corrected chi connectivity index (χ1v) is 5.89. The molecule has 1 atom stereocenters. The number of fused-ring (bicyclic) bond motifs is 3. The molecule has 16 heavy (non-hydrogen) atoms. The topological polar surface area (TPSA) is 32.9 Å². The van der Waals surface area contributed by atoms with Crippen LogP contribution < -0.4 is 0 Å². The molecule has 0 saturated heterocycles. The summed E-state index contributed by atoms with van der Waals surface area (Å²) in [5.41, 5.74) is 2.94. The highest BCUT2D eigenvalue weighted by Crippen LogP contribution is 2.32. The van der Waals surface area contributed by atoms with Gasteiger partial charge < -0.3 is 4.98 Å². The average Bonchev–Trinajstić information content (AvgIpc) is 2.62. The van der Waals surface area contributed by atoms with Gasteiger partial charge in [0.15, 0.2) is 5.78 Å². The van der Waals surface area contributed by atoms with Crippen LogP contribution in [0.4, 0.5) is 0 Å². The molecule has 1 heterocycles. The highest BCUT2D eigenvalue weighted by Gasteiger charge is 2.27. The van der Waals surface area contributed by atoms with Crippen LogP contribution in [0.15, 0.2) is 18.2 Å². The van der Waals surface area contributed by atoms with Gasteiger partial charge in [-0.2, -0.15) is 0 Å². The lowest BCUT2D eigenvalue weighted by atomic mass is 9.87. The van der Waals surface area contributed by atoms with Gasteiger partial charge in [0, 0.05) is 21.8 Å². The number of carbonyl (C=O) groups excluding carboxylic acids is 1. The summed E-state index contributed by atoms with van der Waals surface area (Å²) in [6, 6.07) is 5.73. The number of hydrogen-bond acceptors (Lipinski definition) is 1. The Kier molecular flexibility index (Phi) is 2.08. The number of halogens is 1. The third-order valence-electron chi connectivity index (χ3n) is 3.39. The van der Waals surface area contributed by atoms with E-state index in [-0.39, 0.29) is 11.7 Å². The average molecular weight is 234 g/mol. The molecule has 0 saturated carbocycles. The minimum Gasteiger partial charge on any atom is -0.352 e. The Morgan fingerprint density at radius 3 is 3.06 bits per heavy atom. The Balaban J connectivity index is 2.31. The van der Waals surface area contributed by atoms with Crippen LogP contribution in [0.1, 0.15) is 29.4 Å². The highest BCUT2D eigenvalue weighted by atomic mass is 35.5. The zero-order valence-corrected chi connectivity index (χ0v) is 9.77. The van der Waals surface area contributed by atoms with Crippen molar-refractivity contribution in [3.63, 3.8) is 0 Å². The van der Waals surface area contributed by atoms with Gasteiger partial charge in [-0.3, -0.25) is 4.79 Å². The second-order valence-electron chi connectivity index (χ2n) is 4.47. The molecule has 1 aromatic heterocycles. The second kappa shape index (κ2) is 3.36. The lowest BCUT2D eigenvalue weighted by Crippen LogP contribution is -2.19. The number of aromatic nitrogens is 1. The van der Waals surface area contributed by atoms with E-state index in [1.807, 2.05) is 25.1 Å². The molecule has 2 nitrogen and oxygen atoms in total. The summed E-state index contributed by atoms with van der Waals surface area (Å²) in [6.45, 7) is 1.99. The van der Waals surface area contributed by atoms with Crippen LogP contribution in [-0.2, 0) is 6.42 Å². The number of Topliss-reactive ketones (excluding diaryl/α,β-unsaturated/α-hetero) is 1. The maximum absolute atomic E-state index is 12.0. The summed E-state index contributed by atoms with van der Waals surface area (Å²) in [4.78, 5) is 15.2. The van der Waals surface area contributed by atoms with Crippen molar-refractivity contribution in [2.75, 3.05) is 0 Å². The molecule has 0 bridgehead atoms. The van der Waals surface area contributed by atoms with Crippen molar-refractivity contribution in [1.29, 1.82) is 0 Å². The zero-order valence-electron chi connectivity index (χ0n) is 9.01. The Morgan fingerprint density at radius 2 is 2.25 bits per heavy atom. The van der Waals surface area contributed by atoms with E-state index < -0.39 is 0 Å². The predicted octanol–water partition coefficient (Wildman–Crippen LogP) is 3.59. The first-order valence-electron chi connectivity index (χ1n) is 5.51. The van der Waals surface area contributed by atoms with Gasteiger partial charge in [0.05, 0.1) is 5.69 Å². The maximum Gasteiger partial charge on any atom is 0.182 e. The standard InChI is InChI=1S/C13H12ClNO/c1-7-2-4-9-10-6-8(14)3-5-11(10)15-12(9)13(7)16/h3,5-7,15H,2,4H2,1H3. The van der Waals surface area contributed by atoms with E-state index in [1.54, 1.807) is 0 Å². The minimum atomic E-state index is 0.135. The number of benzene rings is 1. The number of ketones is 1. The van der Waals surface area contributed by atoms with E-state index in [0.717, 1.165) is 40.0 Å². The molecule has 0 amide bonds. The predicted molar refractivity (Wildman–Crippen MR) is 65.1 cm³/mol. The second-order valence-corrected chi connectivity index (χ2v) is 4.91. The smallest absolute Gasteiger partial charge is 0.182 e.